The number of anilines is 1. The van der Waals surface area contributed by atoms with E-state index in [4.69, 9.17) is 0 Å². The molecular formula is C18H24N4OS2. The number of amides is 1. The third-order valence-electron chi connectivity index (χ3n) is 3.85. The second-order valence-corrected chi connectivity index (χ2v) is 9.52. The molecule has 1 aromatic heterocycles. The summed E-state index contributed by atoms with van der Waals surface area (Å²) in [7, 11) is 0. The Bertz CT molecular complexity index is 705. The van der Waals surface area contributed by atoms with Gasteiger partial charge in [-0.15, -0.1) is 10.2 Å². The van der Waals surface area contributed by atoms with Crippen LogP contribution in [0.25, 0.3) is 0 Å². The minimum Gasteiger partial charge on any atom is -0.355 e. The Hall–Kier alpha value is -1.60. The molecule has 0 spiro atoms. The minimum absolute atomic E-state index is 0.0638. The Morgan fingerprint density at radius 3 is 2.52 bits per heavy atom. The number of nitrogens with zero attached hydrogens (tertiary/aromatic N) is 3. The van der Waals surface area contributed by atoms with Crippen molar-refractivity contribution in [2.24, 2.45) is 0 Å². The quantitative estimate of drug-likeness (QED) is 0.793. The van der Waals surface area contributed by atoms with Crippen LogP contribution in [0.3, 0.4) is 0 Å². The topological polar surface area (TPSA) is 58.1 Å². The fourth-order valence-electron chi connectivity index (χ4n) is 2.72. The number of carbonyl (C=O) groups excluding carboxylic acids is 1. The number of benzene rings is 1. The molecule has 2 heterocycles. The molecule has 5 nitrogen and oxygen atoms in total. The molecule has 3 rings (SSSR count). The number of hydrogen-bond acceptors (Lipinski definition) is 6. The van der Waals surface area contributed by atoms with E-state index in [0.717, 1.165) is 41.0 Å². The predicted molar refractivity (Wildman–Crippen MR) is 104 cm³/mol. The molecule has 1 N–H and O–H groups in total. The Labute approximate surface area is 157 Å². The van der Waals surface area contributed by atoms with E-state index in [-0.39, 0.29) is 16.7 Å². The maximum Gasteiger partial charge on any atom is 0.240 e. The molecule has 25 heavy (non-hydrogen) atoms. The van der Waals surface area contributed by atoms with Gasteiger partial charge in [0.1, 0.15) is 5.25 Å². The van der Waals surface area contributed by atoms with Crippen molar-refractivity contribution >= 4 is 34.1 Å². The molecule has 1 aliphatic heterocycles. The van der Waals surface area contributed by atoms with Crippen molar-refractivity contribution in [3.8, 4) is 0 Å². The summed E-state index contributed by atoms with van der Waals surface area (Å²) in [5.74, 6) is 0.175. The van der Waals surface area contributed by atoms with Gasteiger partial charge in [-0.2, -0.15) is 0 Å². The summed E-state index contributed by atoms with van der Waals surface area (Å²) in [6, 6.07) is 9.96. The molecule has 7 heteroatoms. The molecule has 1 amide bonds. The average molecular weight is 377 g/mol. The Morgan fingerprint density at radius 2 is 1.88 bits per heavy atom. The van der Waals surface area contributed by atoms with E-state index < -0.39 is 0 Å². The Morgan fingerprint density at radius 1 is 1.20 bits per heavy atom. The summed E-state index contributed by atoms with van der Waals surface area (Å²) >= 11 is 3.00. The standard InChI is InChI=1S/C18H24N4OS2/c1-18(2,3)19-16-20-21-17(25-16)24-14(13-9-5-4-6-10-13)15(23)22-11-7-8-12-22/h4-6,9-10,14H,7-8,11-12H2,1-3H3,(H,19,20). The van der Waals surface area contributed by atoms with Gasteiger partial charge in [0.25, 0.3) is 0 Å². The highest BCUT2D eigenvalue weighted by Crippen LogP contribution is 2.39. The van der Waals surface area contributed by atoms with E-state index in [2.05, 4.69) is 36.3 Å². The molecule has 1 saturated heterocycles. The number of rotatable bonds is 5. The van der Waals surface area contributed by atoms with Crippen molar-refractivity contribution in [2.75, 3.05) is 18.4 Å². The summed E-state index contributed by atoms with van der Waals surface area (Å²) in [6.07, 6.45) is 2.19. The third-order valence-corrected chi connectivity index (χ3v) is 6.02. The van der Waals surface area contributed by atoms with Crippen molar-refractivity contribution in [3.63, 3.8) is 0 Å². The number of aromatic nitrogens is 2. The van der Waals surface area contributed by atoms with Crippen molar-refractivity contribution in [1.29, 1.82) is 0 Å². The number of carbonyl (C=O) groups is 1. The largest absolute Gasteiger partial charge is 0.355 e. The van der Waals surface area contributed by atoms with Crippen LogP contribution < -0.4 is 5.32 Å². The summed E-state index contributed by atoms with van der Waals surface area (Å²) in [5, 5.41) is 12.3. The number of thioether (sulfide) groups is 1. The lowest BCUT2D eigenvalue weighted by atomic mass is 10.1. The first-order valence-corrected chi connectivity index (χ1v) is 10.2. The maximum atomic E-state index is 13.0. The molecule has 1 aromatic carbocycles. The van der Waals surface area contributed by atoms with Gasteiger partial charge in [-0.25, -0.2) is 0 Å². The first-order chi connectivity index (χ1) is 11.9. The fourth-order valence-corrected chi connectivity index (χ4v) is 4.96. The van der Waals surface area contributed by atoms with Crippen molar-refractivity contribution < 1.29 is 4.79 Å². The molecule has 134 valence electrons. The van der Waals surface area contributed by atoms with Gasteiger partial charge >= 0.3 is 0 Å². The molecule has 1 aliphatic rings. The van der Waals surface area contributed by atoms with E-state index in [0.29, 0.717) is 0 Å². The maximum absolute atomic E-state index is 13.0. The summed E-state index contributed by atoms with van der Waals surface area (Å²) in [6.45, 7) is 7.98. The van der Waals surface area contributed by atoms with Crippen LogP contribution in [0.15, 0.2) is 34.7 Å². The van der Waals surface area contributed by atoms with Crippen LogP contribution in [0.5, 0.6) is 0 Å². The van der Waals surface area contributed by atoms with E-state index in [9.17, 15) is 4.79 Å². The van der Waals surface area contributed by atoms with Crippen molar-refractivity contribution in [2.45, 2.75) is 48.7 Å². The van der Waals surface area contributed by atoms with Crippen LogP contribution in [-0.4, -0.2) is 39.6 Å². The summed E-state index contributed by atoms with van der Waals surface area (Å²) in [5.41, 5.74) is 0.955. The van der Waals surface area contributed by atoms with Gasteiger partial charge in [0, 0.05) is 18.6 Å². The normalized spacial score (nSPS) is 16.0. The minimum atomic E-state index is -0.269. The SMILES string of the molecule is CC(C)(C)Nc1nnc(SC(C(=O)N2CCCC2)c2ccccc2)s1. The second kappa shape index (κ2) is 7.74. The highest BCUT2D eigenvalue weighted by molar-refractivity contribution is 8.01. The van der Waals surface area contributed by atoms with Crippen LogP contribution >= 0.6 is 23.1 Å². The number of hydrogen-bond donors (Lipinski definition) is 1. The van der Waals surface area contributed by atoms with E-state index in [1.54, 1.807) is 0 Å². The molecule has 1 fully saturated rings. The lowest BCUT2D eigenvalue weighted by molar-refractivity contribution is -0.129. The first-order valence-electron chi connectivity index (χ1n) is 8.54. The van der Waals surface area contributed by atoms with Gasteiger partial charge in [0.15, 0.2) is 4.34 Å². The zero-order valence-electron chi connectivity index (χ0n) is 14.9. The highest BCUT2D eigenvalue weighted by atomic mass is 32.2. The molecule has 1 unspecified atom stereocenters. The number of nitrogens with one attached hydrogen (secondary N) is 1. The second-order valence-electron chi connectivity index (χ2n) is 7.19. The van der Waals surface area contributed by atoms with Gasteiger partial charge in [0.2, 0.25) is 11.0 Å². The third kappa shape index (κ3) is 4.95. The average Bonchev–Trinajstić information content (AvgIpc) is 3.23. The van der Waals surface area contributed by atoms with Crippen molar-refractivity contribution in [1.82, 2.24) is 15.1 Å². The Kier molecular flexibility index (Phi) is 5.64. The van der Waals surface area contributed by atoms with Gasteiger partial charge in [-0.1, -0.05) is 53.4 Å². The zero-order valence-corrected chi connectivity index (χ0v) is 16.5. The predicted octanol–water partition coefficient (Wildman–Crippen LogP) is 4.20. The van der Waals surface area contributed by atoms with Crippen LogP contribution in [-0.2, 0) is 4.79 Å². The molecule has 0 aliphatic carbocycles. The molecule has 2 aromatic rings. The van der Waals surface area contributed by atoms with Gasteiger partial charge in [-0.3, -0.25) is 4.79 Å². The summed E-state index contributed by atoms with van der Waals surface area (Å²) < 4.78 is 0.813. The molecule has 0 saturated carbocycles. The van der Waals surface area contributed by atoms with Crippen molar-refractivity contribution in [3.05, 3.63) is 35.9 Å². The van der Waals surface area contributed by atoms with E-state index in [1.807, 2.05) is 35.2 Å². The zero-order chi connectivity index (χ0) is 17.9. The van der Waals surface area contributed by atoms with Gasteiger partial charge in [0.05, 0.1) is 0 Å². The van der Waals surface area contributed by atoms with Crippen LogP contribution in [0.2, 0.25) is 0 Å². The molecular weight excluding hydrogens is 352 g/mol. The van der Waals surface area contributed by atoms with Crippen LogP contribution in [0, 0.1) is 0 Å². The highest BCUT2D eigenvalue weighted by Gasteiger charge is 2.30. The van der Waals surface area contributed by atoms with E-state index in [1.165, 1.54) is 23.1 Å². The number of likely N-dealkylation sites (tertiary alicyclic amines) is 1. The molecule has 1 atom stereocenters. The van der Waals surface area contributed by atoms with Crippen LogP contribution in [0.4, 0.5) is 5.13 Å². The van der Waals surface area contributed by atoms with Gasteiger partial charge < -0.3 is 10.2 Å². The van der Waals surface area contributed by atoms with E-state index >= 15 is 0 Å². The monoisotopic (exact) mass is 376 g/mol. The molecule has 0 bridgehead atoms. The lowest BCUT2D eigenvalue weighted by Crippen LogP contribution is -2.31. The smallest absolute Gasteiger partial charge is 0.240 e. The molecule has 0 radical (unpaired) electrons. The summed E-state index contributed by atoms with van der Waals surface area (Å²) in [4.78, 5) is 15.0. The fraction of sp³-hybridized carbons (Fsp3) is 0.500. The van der Waals surface area contributed by atoms with Gasteiger partial charge in [-0.05, 0) is 39.2 Å². The van der Waals surface area contributed by atoms with Crippen LogP contribution in [0.1, 0.15) is 44.4 Å². The lowest BCUT2D eigenvalue weighted by Gasteiger charge is -2.22. The Balaban J connectivity index is 1.79. The first kappa shape index (κ1) is 18.2.